The number of aliphatic hydroxyl groups is 1. The van der Waals surface area contributed by atoms with Gasteiger partial charge in [0.15, 0.2) is 0 Å². The molecule has 1 aliphatic carbocycles. The summed E-state index contributed by atoms with van der Waals surface area (Å²) in [6.45, 7) is 1.73. The van der Waals surface area contributed by atoms with Crippen molar-refractivity contribution in [3.8, 4) is 0 Å². The van der Waals surface area contributed by atoms with Crippen LogP contribution in [0.1, 0.15) is 36.3 Å². The summed E-state index contributed by atoms with van der Waals surface area (Å²) in [4.78, 5) is 11.9. The summed E-state index contributed by atoms with van der Waals surface area (Å²) in [5, 5.41) is 11.6. The highest BCUT2D eigenvalue weighted by Gasteiger charge is 2.27. The van der Waals surface area contributed by atoms with Gasteiger partial charge in [0.1, 0.15) is 5.69 Å². The number of carbonyl (C=O) groups is 1. The summed E-state index contributed by atoms with van der Waals surface area (Å²) in [6, 6.07) is 2.07. The van der Waals surface area contributed by atoms with Gasteiger partial charge in [-0.05, 0) is 41.8 Å². The van der Waals surface area contributed by atoms with Crippen molar-refractivity contribution in [2.45, 2.75) is 31.8 Å². The Balaban J connectivity index is 2.15. The van der Waals surface area contributed by atoms with Crippen LogP contribution in [-0.4, -0.2) is 28.2 Å². The molecule has 2 rings (SSSR count). The van der Waals surface area contributed by atoms with E-state index >= 15 is 0 Å². The Bertz CT molecular complexity index is 399. The maximum atomic E-state index is 11.9. The molecule has 0 bridgehead atoms. The molecule has 16 heavy (non-hydrogen) atoms. The van der Waals surface area contributed by atoms with Gasteiger partial charge in [-0.3, -0.25) is 4.79 Å². The Morgan fingerprint density at radius 1 is 1.75 bits per heavy atom. The normalized spacial score (nSPS) is 17.2. The third kappa shape index (κ3) is 2.47. The molecule has 2 N–H and O–H groups in total. The molecule has 0 aliphatic heterocycles. The summed E-state index contributed by atoms with van der Waals surface area (Å²) in [7, 11) is 0. The molecule has 0 spiro atoms. The molecule has 1 fully saturated rings. The van der Waals surface area contributed by atoms with Crippen molar-refractivity contribution in [3.05, 3.63) is 22.4 Å². The van der Waals surface area contributed by atoms with Crippen LogP contribution in [0.2, 0.25) is 0 Å². The quantitative estimate of drug-likeness (QED) is 0.885. The van der Waals surface area contributed by atoms with Crippen molar-refractivity contribution in [1.82, 2.24) is 9.88 Å². The van der Waals surface area contributed by atoms with Crippen LogP contribution in [-0.2, 0) is 0 Å². The lowest BCUT2D eigenvalue weighted by atomic mass is 10.3. The molecule has 1 aromatic heterocycles. The second kappa shape index (κ2) is 4.59. The minimum Gasteiger partial charge on any atom is -0.394 e. The second-order valence-corrected chi connectivity index (χ2v) is 5.15. The Morgan fingerprint density at radius 3 is 3.00 bits per heavy atom. The van der Waals surface area contributed by atoms with Gasteiger partial charge in [0.2, 0.25) is 0 Å². The summed E-state index contributed by atoms with van der Waals surface area (Å²) >= 11 is 3.38. The first-order valence-corrected chi connectivity index (χ1v) is 6.20. The summed E-state index contributed by atoms with van der Waals surface area (Å²) in [6.07, 6.45) is 4.21. The van der Waals surface area contributed by atoms with E-state index in [1.165, 1.54) is 0 Å². The number of halogens is 1. The van der Waals surface area contributed by atoms with E-state index in [1.807, 2.05) is 16.8 Å². The fourth-order valence-electron chi connectivity index (χ4n) is 1.63. The third-order valence-corrected chi connectivity index (χ3v) is 3.07. The lowest BCUT2D eigenvalue weighted by Crippen LogP contribution is -2.36. The summed E-state index contributed by atoms with van der Waals surface area (Å²) in [5.41, 5.74) is 0.662. The van der Waals surface area contributed by atoms with Crippen LogP contribution < -0.4 is 5.32 Å². The van der Waals surface area contributed by atoms with Crippen LogP contribution in [0, 0.1) is 0 Å². The van der Waals surface area contributed by atoms with Crippen LogP contribution in [0.4, 0.5) is 0 Å². The number of hydrogen-bond acceptors (Lipinski definition) is 2. The highest BCUT2D eigenvalue weighted by molar-refractivity contribution is 9.10. The Morgan fingerprint density at radius 2 is 2.44 bits per heavy atom. The number of nitrogens with one attached hydrogen (secondary N) is 1. The van der Waals surface area contributed by atoms with Gasteiger partial charge in [-0.25, -0.2) is 0 Å². The monoisotopic (exact) mass is 286 g/mol. The average molecular weight is 287 g/mol. The minimum absolute atomic E-state index is 0.0446. The van der Waals surface area contributed by atoms with E-state index in [0.29, 0.717) is 11.7 Å². The van der Waals surface area contributed by atoms with Crippen molar-refractivity contribution < 1.29 is 9.90 Å². The lowest BCUT2D eigenvalue weighted by molar-refractivity contribution is 0.0912. The first-order chi connectivity index (χ1) is 7.61. The van der Waals surface area contributed by atoms with E-state index < -0.39 is 0 Å². The molecule has 1 amide bonds. The van der Waals surface area contributed by atoms with Gasteiger partial charge < -0.3 is 15.0 Å². The lowest BCUT2D eigenvalue weighted by Gasteiger charge is -2.12. The first-order valence-electron chi connectivity index (χ1n) is 5.41. The highest BCUT2D eigenvalue weighted by Crippen LogP contribution is 2.37. The maximum Gasteiger partial charge on any atom is 0.268 e. The van der Waals surface area contributed by atoms with E-state index in [4.69, 9.17) is 5.11 Å². The van der Waals surface area contributed by atoms with Crippen LogP contribution >= 0.6 is 15.9 Å². The van der Waals surface area contributed by atoms with E-state index in [1.54, 1.807) is 6.92 Å². The summed E-state index contributed by atoms with van der Waals surface area (Å²) < 4.78 is 2.92. The first kappa shape index (κ1) is 11.7. The molecule has 0 aromatic carbocycles. The number of rotatable bonds is 4. The van der Waals surface area contributed by atoms with Crippen LogP contribution in [0.25, 0.3) is 0 Å². The molecule has 1 atom stereocenters. The molecular weight excluding hydrogens is 272 g/mol. The molecule has 0 radical (unpaired) electrons. The molecule has 1 aromatic rings. The molecule has 1 heterocycles. The fraction of sp³-hybridized carbons (Fsp3) is 0.545. The summed E-state index contributed by atoms with van der Waals surface area (Å²) in [5.74, 6) is -0.126. The van der Waals surface area contributed by atoms with E-state index in [2.05, 4.69) is 21.2 Å². The molecule has 1 saturated carbocycles. The molecule has 1 aliphatic rings. The van der Waals surface area contributed by atoms with Gasteiger partial charge in [-0.15, -0.1) is 0 Å². The molecule has 0 unspecified atom stereocenters. The zero-order chi connectivity index (χ0) is 11.7. The number of nitrogens with zero attached hydrogens (tertiary/aromatic N) is 1. The second-order valence-electron chi connectivity index (χ2n) is 4.24. The number of carbonyl (C=O) groups excluding carboxylic acids is 1. The maximum absolute atomic E-state index is 11.9. The van der Waals surface area contributed by atoms with E-state index in [9.17, 15) is 4.79 Å². The van der Waals surface area contributed by atoms with Crippen LogP contribution in [0.15, 0.2) is 16.7 Å². The Kier molecular flexibility index (Phi) is 3.35. The minimum atomic E-state index is -0.214. The predicted molar refractivity (Wildman–Crippen MR) is 64.4 cm³/mol. The highest BCUT2D eigenvalue weighted by atomic mass is 79.9. The molecular formula is C11H15BrN2O2. The molecule has 88 valence electrons. The van der Waals surface area contributed by atoms with Crippen molar-refractivity contribution in [2.75, 3.05) is 6.61 Å². The number of hydrogen-bond donors (Lipinski definition) is 2. The van der Waals surface area contributed by atoms with Crippen LogP contribution in [0.3, 0.4) is 0 Å². The Hall–Kier alpha value is -0.810. The van der Waals surface area contributed by atoms with Gasteiger partial charge in [-0.1, -0.05) is 0 Å². The zero-order valence-corrected chi connectivity index (χ0v) is 10.7. The molecule has 0 saturated heterocycles. The largest absolute Gasteiger partial charge is 0.394 e. The van der Waals surface area contributed by atoms with Gasteiger partial charge in [0.05, 0.1) is 6.61 Å². The third-order valence-electron chi connectivity index (χ3n) is 2.64. The SMILES string of the molecule is C[C@H](CO)NC(=O)c1cc(Br)cn1C1CC1. The van der Waals surface area contributed by atoms with Gasteiger partial charge in [-0.2, -0.15) is 0 Å². The van der Waals surface area contributed by atoms with Crippen molar-refractivity contribution in [2.24, 2.45) is 0 Å². The topological polar surface area (TPSA) is 54.3 Å². The van der Waals surface area contributed by atoms with Gasteiger partial charge in [0.25, 0.3) is 5.91 Å². The Labute approximate surface area is 103 Å². The zero-order valence-electron chi connectivity index (χ0n) is 9.11. The van der Waals surface area contributed by atoms with Crippen molar-refractivity contribution >= 4 is 21.8 Å². The standard InChI is InChI=1S/C11H15BrN2O2/c1-7(6-15)13-11(16)10-4-8(12)5-14(10)9-2-3-9/h4-5,7,9,15H,2-3,6H2,1H3,(H,13,16)/t7-/m1/s1. The molecule has 4 nitrogen and oxygen atoms in total. The van der Waals surface area contributed by atoms with E-state index in [0.717, 1.165) is 17.3 Å². The van der Waals surface area contributed by atoms with Crippen molar-refractivity contribution in [3.63, 3.8) is 0 Å². The smallest absolute Gasteiger partial charge is 0.268 e. The number of aliphatic hydroxyl groups excluding tert-OH is 1. The van der Waals surface area contributed by atoms with Crippen LogP contribution in [0.5, 0.6) is 0 Å². The predicted octanol–water partition coefficient (Wildman–Crippen LogP) is 1.70. The van der Waals surface area contributed by atoms with Crippen molar-refractivity contribution in [1.29, 1.82) is 0 Å². The average Bonchev–Trinajstić information content (AvgIpc) is 3.01. The van der Waals surface area contributed by atoms with E-state index in [-0.39, 0.29) is 18.6 Å². The fourth-order valence-corrected chi connectivity index (χ4v) is 2.06. The van der Waals surface area contributed by atoms with Gasteiger partial charge >= 0.3 is 0 Å². The van der Waals surface area contributed by atoms with Gasteiger partial charge in [0, 0.05) is 22.8 Å². The number of aromatic nitrogens is 1. The number of amides is 1. The molecule has 5 heteroatoms.